The fourth-order valence-electron chi connectivity index (χ4n) is 2.56. The van der Waals surface area contributed by atoms with Crippen LogP contribution in [0, 0.1) is 0 Å². The van der Waals surface area contributed by atoms with E-state index in [4.69, 9.17) is 0 Å². The number of benzene rings is 2. The van der Waals surface area contributed by atoms with Crippen LogP contribution in [0.15, 0.2) is 77.5 Å². The lowest BCUT2D eigenvalue weighted by Gasteiger charge is -2.09. The Balaban J connectivity index is 1.58. The molecular formula is C21H18BrN3O2. The molecule has 5 nitrogen and oxygen atoms in total. The summed E-state index contributed by atoms with van der Waals surface area (Å²) in [6.07, 6.45) is 3.42. The summed E-state index contributed by atoms with van der Waals surface area (Å²) in [6, 6.07) is 18.5. The van der Waals surface area contributed by atoms with Gasteiger partial charge in [-0.15, -0.1) is 0 Å². The Morgan fingerprint density at radius 1 is 1.00 bits per heavy atom. The summed E-state index contributed by atoms with van der Waals surface area (Å²) in [4.78, 5) is 28.3. The second-order valence-electron chi connectivity index (χ2n) is 5.94. The van der Waals surface area contributed by atoms with Gasteiger partial charge in [-0.3, -0.25) is 14.6 Å². The zero-order valence-electron chi connectivity index (χ0n) is 14.5. The van der Waals surface area contributed by atoms with Crippen molar-refractivity contribution in [1.82, 2.24) is 10.3 Å². The first-order chi connectivity index (χ1) is 13.1. The molecule has 2 N–H and O–H groups in total. The maximum atomic E-state index is 12.3. The summed E-state index contributed by atoms with van der Waals surface area (Å²) >= 11 is 3.45. The van der Waals surface area contributed by atoms with Crippen LogP contribution in [0.4, 0.5) is 5.69 Å². The standard InChI is InChI=1S/C21H18BrN3O2/c22-19-9-2-1-6-16(19)12-20(26)25-18-8-3-5-15(11-18)13-24-21(27)17-7-4-10-23-14-17/h1-11,14H,12-13H2,(H,24,27)(H,25,26). The number of amides is 2. The predicted octanol–water partition coefficient (Wildman–Crippen LogP) is 3.96. The number of halogens is 1. The van der Waals surface area contributed by atoms with Gasteiger partial charge in [-0.2, -0.15) is 0 Å². The fourth-order valence-corrected chi connectivity index (χ4v) is 2.99. The second-order valence-corrected chi connectivity index (χ2v) is 6.80. The largest absolute Gasteiger partial charge is 0.348 e. The number of pyridine rings is 1. The first-order valence-corrected chi connectivity index (χ1v) is 9.21. The van der Waals surface area contributed by atoms with E-state index < -0.39 is 0 Å². The van der Waals surface area contributed by atoms with Gasteiger partial charge in [-0.05, 0) is 41.5 Å². The van der Waals surface area contributed by atoms with Crippen molar-refractivity contribution >= 4 is 33.4 Å². The third kappa shape index (κ3) is 5.49. The summed E-state index contributed by atoms with van der Waals surface area (Å²) in [5.74, 6) is -0.287. The van der Waals surface area contributed by atoms with Crippen molar-refractivity contribution in [3.05, 3.63) is 94.2 Å². The van der Waals surface area contributed by atoms with Crippen LogP contribution in [0.3, 0.4) is 0 Å². The van der Waals surface area contributed by atoms with Gasteiger partial charge in [0.2, 0.25) is 5.91 Å². The van der Waals surface area contributed by atoms with Crippen LogP contribution in [-0.4, -0.2) is 16.8 Å². The van der Waals surface area contributed by atoms with Crippen molar-refractivity contribution in [2.24, 2.45) is 0 Å². The molecule has 0 saturated carbocycles. The van der Waals surface area contributed by atoms with Crippen LogP contribution in [0.25, 0.3) is 0 Å². The smallest absolute Gasteiger partial charge is 0.253 e. The Morgan fingerprint density at radius 3 is 2.63 bits per heavy atom. The molecule has 0 aliphatic carbocycles. The Labute approximate surface area is 166 Å². The highest BCUT2D eigenvalue weighted by Gasteiger charge is 2.08. The number of aromatic nitrogens is 1. The van der Waals surface area contributed by atoms with Gasteiger partial charge in [0.25, 0.3) is 5.91 Å². The number of rotatable bonds is 6. The predicted molar refractivity (Wildman–Crippen MR) is 108 cm³/mol. The molecule has 6 heteroatoms. The molecule has 0 aliphatic rings. The molecule has 3 rings (SSSR count). The minimum absolute atomic E-state index is 0.0987. The van der Waals surface area contributed by atoms with E-state index in [0.29, 0.717) is 17.8 Å². The normalized spacial score (nSPS) is 10.3. The molecule has 1 heterocycles. The lowest BCUT2D eigenvalue weighted by molar-refractivity contribution is -0.115. The van der Waals surface area contributed by atoms with Crippen molar-refractivity contribution in [3.8, 4) is 0 Å². The maximum Gasteiger partial charge on any atom is 0.253 e. The molecular weight excluding hydrogens is 406 g/mol. The summed E-state index contributed by atoms with van der Waals surface area (Å²) in [5, 5.41) is 5.74. The van der Waals surface area contributed by atoms with Gasteiger partial charge in [-0.1, -0.05) is 46.3 Å². The average Bonchev–Trinajstić information content (AvgIpc) is 2.69. The summed E-state index contributed by atoms with van der Waals surface area (Å²) in [6.45, 7) is 0.363. The van der Waals surface area contributed by atoms with Gasteiger partial charge >= 0.3 is 0 Å². The quantitative estimate of drug-likeness (QED) is 0.630. The number of carbonyl (C=O) groups is 2. The number of nitrogens with zero attached hydrogens (tertiary/aromatic N) is 1. The summed E-state index contributed by atoms with van der Waals surface area (Å²) in [7, 11) is 0. The monoisotopic (exact) mass is 423 g/mol. The highest BCUT2D eigenvalue weighted by Crippen LogP contribution is 2.17. The van der Waals surface area contributed by atoms with Gasteiger partial charge < -0.3 is 10.6 Å². The van der Waals surface area contributed by atoms with Crippen LogP contribution in [0.5, 0.6) is 0 Å². The average molecular weight is 424 g/mol. The molecule has 1 aromatic heterocycles. The van der Waals surface area contributed by atoms with E-state index in [2.05, 4.69) is 31.5 Å². The lowest BCUT2D eigenvalue weighted by atomic mass is 10.1. The molecule has 2 aromatic carbocycles. The molecule has 0 fully saturated rings. The van der Waals surface area contributed by atoms with E-state index >= 15 is 0 Å². The lowest BCUT2D eigenvalue weighted by Crippen LogP contribution is -2.23. The molecule has 0 bridgehead atoms. The highest BCUT2D eigenvalue weighted by atomic mass is 79.9. The van der Waals surface area contributed by atoms with Crippen molar-refractivity contribution in [3.63, 3.8) is 0 Å². The van der Waals surface area contributed by atoms with E-state index in [9.17, 15) is 9.59 Å². The highest BCUT2D eigenvalue weighted by molar-refractivity contribution is 9.10. The number of anilines is 1. The van der Waals surface area contributed by atoms with E-state index in [1.54, 1.807) is 18.3 Å². The molecule has 0 spiro atoms. The van der Waals surface area contributed by atoms with E-state index in [0.717, 1.165) is 15.6 Å². The van der Waals surface area contributed by atoms with Crippen molar-refractivity contribution in [2.75, 3.05) is 5.32 Å². The topological polar surface area (TPSA) is 71.1 Å². The van der Waals surface area contributed by atoms with E-state index in [1.165, 1.54) is 6.20 Å². The Morgan fingerprint density at radius 2 is 1.85 bits per heavy atom. The van der Waals surface area contributed by atoms with Crippen LogP contribution in [0.1, 0.15) is 21.5 Å². The van der Waals surface area contributed by atoms with Crippen molar-refractivity contribution in [2.45, 2.75) is 13.0 Å². The van der Waals surface area contributed by atoms with E-state index in [1.807, 2.05) is 48.5 Å². The minimum Gasteiger partial charge on any atom is -0.348 e. The molecule has 0 radical (unpaired) electrons. The Bertz CT molecular complexity index is 945. The van der Waals surface area contributed by atoms with Crippen LogP contribution < -0.4 is 10.6 Å². The number of hydrogen-bond acceptors (Lipinski definition) is 3. The number of nitrogens with one attached hydrogen (secondary N) is 2. The van der Waals surface area contributed by atoms with Gasteiger partial charge in [0.05, 0.1) is 12.0 Å². The molecule has 0 unspecified atom stereocenters. The Hall–Kier alpha value is -2.99. The van der Waals surface area contributed by atoms with Gasteiger partial charge in [0.15, 0.2) is 0 Å². The third-order valence-corrected chi connectivity index (χ3v) is 4.67. The maximum absolute atomic E-state index is 12.3. The Kier molecular flexibility index (Phi) is 6.33. The first kappa shape index (κ1) is 18.8. The molecule has 3 aromatic rings. The second kappa shape index (κ2) is 9.09. The zero-order valence-corrected chi connectivity index (χ0v) is 16.1. The number of carbonyl (C=O) groups excluding carboxylic acids is 2. The SMILES string of the molecule is O=C(Cc1ccccc1Br)Nc1cccc(CNC(=O)c2cccnc2)c1. The van der Waals surface area contributed by atoms with E-state index in [-0.39, 0.29) is 18.2 Å². The van der Waals surface area contributed by atoms with Crippen molar-refractivity contribution in [1.29, 1.82) is 0 Å². The van der Waals surface area contributed by atoms with Gasteiger partial charge in [-0.25, -0.2) is 0 Å². The molecule has 0 saturated heterocycles. The molecule has 2 amide bonds. The minimum atomic E-state index is -0.188. The van der Waals surface area contributed by atoms with Crippen LogP contribution >= 0.6 is 15.9 Å². The number of hydrogen-bond donors (Lipinski definition) is 2. The van der Waals surface area contributed by atoms with Gasteiger partial charge in [0, 0.05) is 29.1 Å². The van der Waals surface area contributed by atoms with Crippen LogP contribution in [0.2, 0.25) is 0 Å². The molecule has 27 heavy (non-hydrogen) atoms. The fraction of sp³-hybridized carbons (Fsp3) is 0.0952. The first-order valence-electron chi connectivity index (χ1n) is 8.42. The molecule has 0 aliphatic heterocycles. The van der Waals surface area contributed by atoms with Crippen molar-refractivity contribution < 1.29 is 9.59 Å². The summed E-state index contributed by atoms with van der Waals surface area (Å²) in [5.41, 5.74) is 3.02. The molecule has 0 atom stereocenters. The third-order valence-electron chi connectivity index (χ3n) is 3.90. The van der Waals surface area contributed by atoms with Gasteiger partial charge in [0.1, 0.15) is 0 Å². The summed E-state index contributed by atoms with van der Waals surface area (Å²) < 4.78 is 0.909. The van der Waals surface area contributed by atoms with Crippen LogP contribution in [-0.2, 0) is 17.8 Å². The molecule has 136 valence electrons. The zero-order chi connectivity index (χ0) is 19.1.